The molecule has 2 amide bonds. The molecule has 2 aromatic heterocycles. The van der Waals surface area contributed by atoms with Crippen molar-refractivity contribution < 1.29 is 14.3 Å². The number of ether oxygens (including phenoxy) is 1. The van der Waals surface area contributed by atoms with Crippen LogP contribution < -0.4 is 4.74 Å². The van der Waals surface area contributed by atoms with Crippen molar-refractivity contribution in [2.45, 2.75) is 6.92 Å². The third-order valence-corrected chi connectivity index (χ3v) is 8.26. The number of hydrogen-bond acceptors (Lipinski definition) is 6. The zero-order chi connectivity index (χ0) is 24.4. The molecule has 182 valence electrons. The van der Waals surface area contributed by atoms with E-state index in [2.05, 4.69) is 20.4 Å². The molecule has 3 aliphatic rings. The van der Waals surface area contributed by atoms with Crippen molar-refractivity contribution in [3.05, 3.63) is 59.8 Å². The first kappa shape index (κ1) is 21.3. The normalized spacial score (nSPS) is 24.6. The minimum atomic E-state index is -0.0389. The molecule has 9 heteroatoms. The average Bonchev–Trinajstić information content (AvgIpc) is 3.62. The summed E-state index contributed by atoms with van der Waals surface area (Å²) in [6, 6.07) is 15.0. The molecule has 7 rings (SSSR count). The number of H-pyrrole nitrogens is 1. The number of aromatic nitrogens is 4. The Morgan fingerprint density at radius 1 is 0.861 bits per heavy atom. The number of fused-ring (bicyclic) bond motifs is 6. The van der Waals surface area contributed by atoms with Crippen molar-refractivity contribution in [2.75, 3.05) is 32.8 Å². The van der Waals surface area contributed by atoms with Crippen molar-refractivity contribution in [1.29, 1.82) is 0 Å². The van der Waals surface area contributed by atoms with E-state index in [-0.39, 0.29) is 11.8 Å². The van der Waals surface area contributed by atoms with E-state index in [9.17, 15) is 9.59 Å². The second kappa shape index (κ2) is 8.01. The Morgan fingerprint density at radius 3 is 2.25 bits per heavy atom. The smallest absolute Gasteiger partial charge is 0.272 e. The molecular formula is C27H26N6O3. The summed E-state index contributed by atoms with van der Waals surface area (Å²) < 4.78 is 5.82. The number of aromatic amines is 1. The molecular weight excluding hydrogens is 456 g/mol. The van der Waals surface area contributed by atoms with Gasteiger partial charge in [-0.2, -0.15) is 15.4 Å². The quantitative estimate of drug-likeness (QED) is 0.480. The van der Waals surface area contributed by atoms with Gasteiger partial charge in [0.2, 0.25) is 0 Å². The number of carbonyl (C=O) groups excluding carboxylic acids is 2. The molecule has 4 atom stereocenters. The number of para-hydroxylation sites is 1. The van der Waals surface area contributed by atoms with Crippen LogP contribution in [0.5, 0.6) is 5.75 Å². The van der Waals surface area contributed by atoms with Crippen LogP contribution in [0, 0.1) is 23.7 Å². The number of amides is 2. The lowest BCUT2D eigenvalue weighted by molar-refractivity contribution is 0.0629. The fourth-order valence-corrected chi connectivity index (χ4v) is 6.55. The van der Waals surface area contributed by atoms with E-state index in [1.165, 1.54) is 0 Å². The van der Waals surface area contributed by atoms with Crippen molar-refractivity contribution >= 4 is 33.8 Å². The summed E-state index contributed by atoms with van der Waals surface area (Å²) in [5.41, 5.74) is 3.30. The number of carbonyl (C=O) groups is 2. The maximum atomic E-state index is 13.5. The molecule has 4 aromatic rings. The number of pyridine rings is 1. The number of nitrogens with one attached hydrogen (secondary N) is 1. The second-order valence-electron chi connectivity index (χ2n) is 10.1. The summed E-state index contributed by atoms with van der Waals surface area (Å²) in [4.78, 5) is 35.2. The molecule has 2 aromatic carbocycles. The van der Waals surface area contributed by atoms with Crippen molar-refractivity contribution in [3.63, 3.8) is 0 Å². The van der Waals surface area contributed by atoms with E-state index >= 15 is 0 Å². The van der Waals surface area contributed by atoms with Gasteiger partial charge >= 0.3 is 0 Å². The molecule has 4 heterocycles. The number of nitrogens with zero attached hydrogens (tertiary/aromatic N) is 5. The van der Waals surface area contributed by atoms with Gasteiger partial charge in [-0.3, -0.25) is 9.59 Å². The van der Waals surface area contributed by atoms with Crippen LogP contribution in [0.25, 0.3) is 21.9 Å². The van der Waals surface area contributed by atoms with Crippen LogP contribution >= 0.6 is 0 Å². The number of benzene rings is 2. The molecule has 9 nitrogen and oxygen atoms in total. The van der Waals surface area contributed by atoms with Crippen molar-refractivity contribution in [3.8, 4) is 5.75 Å². The third-order valence-electron chi connectivity index (χ3n) is 8.26. The fraction of sp³-hybridized carbons (Fsp3) is 0.370. The van der Waals surface area contributed by atoms with Crippen LogP contribution in [0.2, 0.25) is 0 Å². The van der Waals surface area contributed by atoms with Crippen LogP contribution in [0.1, 0.15) is 27.8 Å². The van der Waals surface area contributed by atoms with Crippen LogP contribution in [0.15, 0.2) is 48.5 Å². The van der Waals surface area contributed by atoms with E-state index in [4.69, 9.17) is 4.74 Å². The maximum Gasteiger partial charge on any atom is 0.272 e. The van der Waals surface area contributed by atoms with E-state index in [1.54, 1.807) is 12.1 Å². The zero-order valence-electron chi connectivity index (χ0n) is 19.9. The predicted molar refractivity (Wildman–Crippen MR) is 133 cm³/mol. The van der Waals surface area contributed by atoms with Gasteiger partial charge in [0.05, 0.1) is 12.1 Å². The summed E-state index contributed by atoms with van der Waals surface area (Å²) in [6.45, 7) is 5.39. The zero-order valence-corrected chi connectivity index (χ0v) is 19.9. The van der Waals surface area contributed by atoms with Crippen LogP contribution in [0.3, 0.4) is 0 Å². The molecule has 0 bridgehead atoms. The summed E-state index contributed by atoms with van der Waals surface area (Å²) in [5.74, 6) is 2.45. The SMILES string of the molecule is CCOc1cc(C(=O)N2C[C@@H]3[C@H]4CN(C(=O)c5ccc6n[nH]nc6c5)C[C@H]4[C@@H]3C2)nc2ccccc12. The summed E-state index contributed by atoms with van der Waals surface area (Å²) >= 11 is 0. The Morgan fingerprint density at radius 2 is 1.53 bits per heavy atom. The molecule has 1 N–H and O–H groups in total. The van der Waals surface area contributed by atoms with Crippen LogP contribution in [-0.2, 0) is 0 Å². The highest BCUT2D eigenvalue weighted by molar-refractivity contribution is 5.98. The Balaban J connectivity index is 1.06. The van der Waals surface area contributed by atoms with Gasteiger partial charge < -0.3 is 14.5 Å². The minimum absolute atomic E-state index is 0.0389. The lowest BCUT2D eigenvalue weighted by atomic mass is 9.60. The standard InChI is InChI=1S/C27H26N6O3/c1-2-36-25-10-24(28-21-6-4-3-5-16(21)25)27(35)33-13-19-17-11-32(12-18(17)20(19)14-33)26(34)15-7-8-22-23(9-15)30-31-29-22/h3-10,17-20H,2,11-14H2,1H3,(H,29,30,31)/t17-,18+,19+,20-. The lowest BCUT2D eigenvalue weighted by Crippen LogP contribution is -2.44. The maximum absolute atomic E-state index is 13.5. The van der Waals surface area contributed by atoms with Gasteiger partial charge in [0, 0.05) is 43.2 Å². The van der Waals surface area contributed by atoms with E-state index in [1.807, 2.05) is 53.1 Å². The van der Waals surface area contributed by atoms with Crippen molar-refractivity contribution in [1.82, 2.24) is 30.2 Å². The van der Waals surface area contributed by atoms with Crippen LogP contribution in [-0.4, -0.2) is 74.8 Å². The fourth-order valence-electron chi connectivity index (χ4n) is 6.55. The van der Waals surface area contributed by atoms with E-state index in [0.717, 1.165) is 42.6 Å². The van der Waals surface area contributed by atoms with Gasteiger partial charge in [0.25, 0.3) is 11.8 Å². The number of likely N-dealkylation sites (tertiary alicyclic amines) is 2. The molecule has 2 saturated heterocycles. The summed E-state index contributed by atoms with van der Waals surface area (Å²) in [7, 11) is 0. The molecule has 0 radical (unpaired) electrons. The molecule has 36 heavy (non-hydrogen) atoms. The van der Waals surface area contributed by atoms with Crippen LogP contribution in [0.4, 0.5) is 0 Å². The van der Waals surface area contributed by atoms with Gasteiger partial charge in [0.15, 0.2) is 0 Å². The molecule has 0 spiro atoms. The van der Waals surface area contributed by atoms with E-state index < -0.39 is 0 Å². The first-order chi connectivity index (χ1) is 17.6. The van der Waals surface area contributed by atoms with Crippen molar-refractivity contribution in [2.24, 2.45) is 23.7 Å². The van der Waals surface area contributed by atoms with Gasteiger partial charge in [0.1, 0.15) is 22.5 Å². The first-order valence-corrected chi connectivity index (χ1v) is 12.5. The molecule has 0 unspecified atom stereocenters. The second-order valence-corrected chi connectivity index (χ2v) is 10.1. The predicted octanol–water partition coefficient (Wildman–Crippen LogP) is 3.00. The average molecular weight is 483 g/mol. The van der Waals surface area contributed by atoms with Gasteiger partial charge in [-0.05, 0) is 60.9 Å². The molecule has 3 fully saturated rings. The molecule has 2 aliphatic heterocycles. The summed E-state index contributed by atoms with van der Waals surface area (Å²) in [6.07, 6.45) is 0. The minimum Gasteiger partial charge on any atom is -0.493 e. The summed E-state index contributed by atoms with van der Waals surface area (Å²) in [5, 5.41) is 11.7. The Labute approximate surface area is 207 Å². The van der Waals surface area contributed by atoms with Gasteiger partial charge in [-0.25, -0.2) is 4.98 Å². The molecule has 1 aliphatic carbocycles. The Bertz CT molecular complexity index is 1500. The van der Waals surface area contributed by atoms with Gasteiger partial charge in [-0.1, -0.05) is 12.1 Å². The highest BCUT2D eigenvalue weighted by Gasteiger charge is 2.59. The number of hydrogen-bond donors (Lipinski definition) is 1. The third kappa shape index (κ3) is 3.18. The lowest BCUT2D eigenvalue weighted by Gasteiger charge is -2.42. The number of rotatable bonds is 4. The highest BCUT2D eigenvalue weighted by Crippen LogP contribution is 2.54. The topological polar surface area (TPSA) is 104 Å². The highest BCUT2D eigenvalue weighted by atomic mass is 16.5. The van der Waals surface area contributed by atoms with Gasteiger partial charge in [-0.15, -0.1) is 0 Å². The largest absolute Gasteiger partial charge is 0.493 e. The first-order valence-electron chi connectivity index (χ1n) is 12.5. The monoisotopic (exact) mass is 482 g/mol. The molecule has 1 saturated carbocycles. The van der Waals surface area contributed by atoms with E-state index in [0.29, 0.717) is 52.8 Å². The Hall–Kier alpha value is -4.01. The Kier molecular flexibility index (Phi) is 4.74.